The number of aromatic nitrogens is 4. The van der Waals surface area contributed by atoms with Crippen LogP contribution in [0.3, 0.4) is 0 Å². The van der Waals surface area contributed by atoms with Gasteiger partial charge in [-0.25, -0.2) is 13.8 Å². The summed E-state index contributed by atoms with van der Waals surface area (Å²) in [6, 6.07) is 5.12. The Labute approximate surface area is 166 Å². The van der Waals surface area contributed by atoms with E-state index in [2.05, 4.69) is 15.2 Å². The molecule has 7 nitrogen and oxygen atoms in total. The zero-order valence-corrected chi connectivity index (χ0v) is 16.3. The van der Waals surface area contributed by atoms with Gasteiger partial charge in [0.15, 0.2) is 11.6 Å². The summed E-state index contributed by atoms with van der Waals surface area (Å²) >= 11 is 0. The van der Waals surface area contributed by atoms with Crippen molar-refractivity contribution in [2.75, 3.05) is 13.2 Å². The second-order valence-electron chi connectivity index (χ2n) is 6.51. The smallest absolute Gasteiger partial charge is 0.256 e. The average molecular weight is 401 g/mol. The molecule has 0 aliphatic carbocycles. The van der Waals surface area contributed by atoms with E-state index in [0.717, 1.165) is 4.80 Å². The number of amides is 1. The third kappa shape index (κ3) is 4.39. The first kappa shape index (κ1) is 20.4. The van der Waals surface area contributed by atoms with Gasteiger partial charge in [0.25, 0.3) is 5.91 Å². The molecule has 9 heteroatoms. The number of ether oxygens (including phenoxy) is 1. The third-order valence-electron chi connectivity index (χ3n) is 4.37. The van der Waals surface area contributed by atoms with Crippen molar-refractivity contribution < 1.29 is 18.3 Å². The van der Waals surface area contributed by atoms with Crippen molar-refractivity contribution in [1.82, 2.24) is 24.9 Å². The molecule has 0 spiro atoms. The lowest BCUT2D eigenvalue weighted by atomic mass is 10.1. The first-order valence-electron chi connectivity index (χ1n) is 9.13. The first-order chi connectivity index (χ1) is 13.9. The van der Waals surface area contributed by atoms with Crippen LogP contribution in [0.25, 0.3) is 5.69 Å². The van der Waals surface area contributed by atoms with E-state index in [4.69, 9.17) is 4.74 Å². The Morgan fingerprint density at radius 2 is 1.97 bits per heavy atom. The third-order valence-corrected chi connectivity index (χ3v) is 4.37. The minimum atomic E-state index is -0.613. The maximum absolute atomic E-state index is 14.4. The number of nitrogens with zero attached hydrogens (tertiary/aromatic N) is 5. The second kappa shape index (κ2) is 8.76. The molecule has 0 unspecified atom stereocenters. The average Bonchev–Trinajstić information content (AvgIpc) is 3.21. The summed E-state index contributed by atoms with van der Waals surface area (Å²) in [4.78, 5) is 19.7. The van der Waals surface area contributed by atoms with Crippen LogP contribution < -0.4 is 4.74 Å². The molecule has 3 rings (SSSR count). The molecule has 2 aromatic heterocycles. The van der Waals surface area contributed by atoms with Crippen molar-refractivity contribution in [2.24, 2.45) is 0 Å². The fourth-order valence-electron chi connectivity index (χ4n) is 2.95. The summed E-state index contributed by atoms with van der Waals surface area (Å²) in [5.74, 6) is -1.72. The summed E-state index contributed by atoms with van der Waals surface area (Å²) in [5, 5.41) is 7.87. The Morgan fingerprint density at radius 3 is 2.62 bits per heavy atom. The van der Waals surface area contributed by atoms with Gasteiger partial charge in [-0.1, -0.05) is 6.07 Å². The summed E-state index contributed by atoms with van der Waals surface area (Å²) in [6.45, 7) is 5.65. The monoisotopic (exact) mass is 401 g/mol. The summed E-state index contributed by atoms with van der Waals surface area (Å²) in [5.41, 5.74) is 0.772. The van der Waals surface area contributed by atoms with Gasteiger partial charge in [-0.3, -0.25) is 4.79 Å². The van der Waals surface area contributed by atoms with E-state index < -0.39 is 23.6 Å². The van der Waals surface area contributed by atoms with Crippen LogP contribution in [-0.4, -0.2) is 50.0 Å². The predicted octanol–water partition coefficient (Wildman–Crippen LogP) is 3.18. The van der Waals surface area contributed by atoms with E-state index >= 15 is 0 Å². The van der Waals surface area contributed by atoms with Crippen LogP contribution in [0.4, 0.5) is 8.78 Å². The normalized spacial score (nSPS) is 11.9. The van der Waals surface area contributed by atoms with E-state index in [1.54, 1.807) is 20.8 Å². The van der Waals surface area contributed by atoms with Crippen LogP contribution in [0.15, 0.2) is 42.9 Å². The number of carbonyl (C=O) groups excluding carboxylic acids is 1. The van der Waals surface area contributed by atoms with Gasteiger partial charge < -0.3 is 9.64 Å². The number of aryl methyl sites for hydroxylation is 1. The van der Waals surface area contributed by atoms with Crippen LogP contribution in [0.2, 0.25) is 0 Å². The number of hydrogen-bond donors (Lipinski definition) is 0. The number of rotatable bonds is 7. The van der Waals surface area contributed by atoms with Gasteiger partial charge in [0.2, 0.25) is 5.88 Å². The van der Waals surface area contributed by atoms with Crippen molar-refractivity contribution in [3.63, 3.8) is 0 Å². The Bertz CT molecular complexity index is 995. The number of benzene rings is 1. The quantitative estimate of drug-likeness (QED) is 0.608. The molecule has 29 heavy (non-hydrogen) atoms. The highest BCUT2D eigenvalue weighted by Gasteiger charge is 2.26. The zero-order chi connectivity index (χ0) is 21.0. The summed E-state index contributed by atoms with van der Waals surface area (Å²) in [7, 11) is 0. The van der Waals surface area contributed by atoms with E-state index in [1.807, 2.05) is 0 Å². The minimum absolute atomic E-state index is 0.0250. The van der Waals surface area contributed by atoms with Crippen molar-refractivity contribution in [3.8, 4) is 11.6 Å². The van der Waals surface area contributed by atoms with Crippen molar-refractivity contribution in [1.29, 1.82) is 0 Å². The van der Waals surface area contributed by atoms with Crippen molar-refractivity contribution in [2.45, 2.75) is 26.8 Å². The highest BCUT2D eigenvalue weighted by atomic mass is 19.1. The van der Waals surface area contributed by atoms with Crippen LogP contribution >= 0.6 is 0 Å². The van der Waals surface area contributed by atoms with Gasteiger partial charge in [0.1, 0.15) is 12.3 Å². The SMILES string of the molecule is CCN(C(=O)c1cccc(F)c1-n1nccn1)[C@@H](C)COc1ncc(C)cc1F. The summed E-state index contributed by atoms with van der Waals surface area (Å²) in [6.07, 6.45) is 4.30. The first-order valence-corrected chi connectivity index (χ1v) is 9.13. The number of para-hydroxylation sites is 1. The van der Waals surface area contributed by atoms with Crippen LogP contribution in [0.5, 0.6) is 5.88 Å². The molecule has 1 atom stereocenters. The van der Waals surface area contributed by atoms with E-state index in [0.29, 0.717) is 12.1 Å². The van der Waals surface area contributed by atoms with Gasteiger partial charge in [0.05, 0.1) is 24.0 Å². The Morgan fingerprint density at radius 1 is 1.24 bits per heavy atom. The largest absolute Gasteiger partial charge is 0.473 e. The second-order valence-corrected chi connectivity index (χ2v) is 6.51. The number of hydrogen-bond acceptors (Lipinski definition) is 5. The predicted molar refractivity (Wildman–Crippen MR) is 102 cm³/mol. The lowest BCUT2D eigenvalue weighted by Crippen LogP contribution is -2.42. The Hall–Kier alpha value is -3.36. The molecule has 0 bridgehead atoms. The molecule has 0 saturated carbocycles. The number of carbonyl (C=O) groups is 1. The lowest BCUT2D eigenvalue weighted by Gasteiger charge is -2.28. The number of pyridine rings is 1. The highest BCUT2D eigenvalue weighted by Crippen LogP contribution is 2.21. The molecule has 0 radical (unpaired) electrons. The van der Waals surface area contributed by atoms with E-state index in [9.17, 15) is 13.6 Å². The fraction of sp³-hybridized carbons (Fsp3) is 0.300. The topological polar surface area (TPSA) is 73.1 Å². The molecule has 0 fully saturated rings. The molecule has 0 N–H and O–H groups in total. The molecular formula is C20H21F2N5O2. The van der Waals surface area contributed by atoms with Gasteiger partial charge >= 0.3 is 0 Å². The van der Waals surface area contributed by atoms with Gasteiger partial charge in [0, 0.05) is 12.7 Å². The van der Waals surface area contributed by atoms with E-state index in [-0.39, 0.29) is 23.7 Å². The molecule has 152 valence electrons. The molecular weight excluding hydrogens is 380 g/mol. The van der Waals surface area contributed by atoms with Gasteiger partial charge in [-0.05, 0) is 44.5 Å². The number of halogens is 2. The highest BCUT2D eigenvalue weighted by molar-refractivity contribution is 5.98. The van der Waals surface area contributed by atoms with Crippen molar-refractivity contribution in [3.05, 3.63) is 65.6 Å². The molecule has 2 heterocycles. The molecule has 1 aromatic carbocycles. The molecule has 0 saturated heterocycles. The van der Waals surface area contributed by atoms with Gasteiger partial charge in [-0.15, -0.1) is 4.80 Å². The maximum atomic E-state index is 14.4. The lowest BCUT2D eigenvalue weighted by molar-refractivity contribution is 0.0643. The van der Waals surface area contributed by atoms with Crippen LogP contribution in [0, 0.1) is 18.6 Å². The Kier molecular flexibility index (Phi) is 6.16. The van der Waals surface area contributed by atoms with E-state index in [1.165, 1.54) is 47.8 Å². The standard InChI is InChI=1S/C20H21F2N5O2/c1-4-26(14(3)12-29-19-17(22)10-13(2)11-23-19)20(28)15-6-5-7-16(21)18(15)27-24-8-9-25-27/h5-11,14H,4,12H2,1-3H3/t14-/m0/s1. The number of likely N-dealkylation sites (N-methyl/N-ethyl adjacent to an activating group) is 1. The summed E-state index contributed by atoms with van der Waals surface area (Å²) < 4.78 is 33.8. The molecule has 0 aliphatic rings. The van der Waals surface area contributed by atoms with Gasteiger partial charge in [-0.2, -0.15) is 10.2 Å². The molecule has 3 aromatic rings. The van der Waals surface area contributed by atoms with Crippen LogP contribution in [-0.2, 0) is 0 Å². The zero-order valence-electron chi connectivity index (χ0n) is 16.3. The molecule has 0 aliphatic heterocycles. The Balaban J connectivity index is 1.81. The maximum Gasteiger partial charge on any atom is 0.256 e. The fourth-order valence-corrected chi connectivity index (χ4v) is 2.95. The van der Waals surface area contributed by atoms with Crippen molar-refractivity contribution >= 4 is 5.91 Å². The van der Waals surface area contributed by atoms with Crippen LogP contribution in [0.1, 0.15) is 29.8 Å². The molecule has 1 amide bonds. The minimum Gasteiger partial charge on any atom is -0.473 e.